The minimum atomic E-state index is -0.0749. The molecule has 3 aromatic carbocycles. The standard InChI is InChI=1S/C30H26NO/c1-19-15-16-22-21-11-9-12-23(25-18-20-10-5-6-13-24(20)30(25,2)3)28(21)32-29(22)27(19)26-14-7-8-17-31(26)4/h5-18H,1-4H3/q+1. The molecule has 0 amide bonds. The van der Waals surface area contributed by atoms with Gasteiger partial charge in [-0.05, 0) is 41.3 Å². The number of pyridine rings is 1. The molecule has 6 rings (SSSR count). The molecule has 2 heteroatoms. The fraction of sp³-hybridized carbons (Fsp3) is 0.167. The Labute approximate surface area is 188 Å². The number of para-hydroxylation sites is 1. The first-order valence-electron chi connectivity index (χ1n) is 11.2. The van der Waals surface area contributed by atoms with Gasteiger partial charge in [-0.25, -0.2) is 4.57 Å². The molecule has 0 saturated heterocycles. The Hall–Kier alpha value is -3.65. The maximum absolute atomic E-state index is 6.76. The second kappa shape index (κ2) is 6.67. The van der Waals surface area contributed by atoms with Gasteiger partial charge in [0.25, 0.3) is 0 Å². The van der Waals surface area contributed by atoms with Crippen molar-refractivity contribution in [2.45, 2.75) is 26.2 Å². The highest BCUT2D eigenvalue weighted by molar-refractivity contribution is 6.13. The Morgan fingerprint density at radius 2 is 1.56 bits per heavy atom. The summed E-state index contributed by atoms with van der Waals surface area (Å²) in [5.74, 6) is 0. The predicted octanol–water partition coefficient (Wildman–Crippen LogP) is 7.22. The number of aryl methyl sites for hydroxylation is 2. The minimum Gasteiger partial charge on any atom is -0.455 e. The van der Waals surface area contributed by atoms with Gasteiger partial charge in [-0.2, -0.15) is 0 Å². The van der Waals surface area contributed by atoms with Crippen molar-refractivity contribution in [3.8, 4) is 11.3 Å². The second-order valence-electron chi connectivity index (χ2n) is 9.39. The predicted molar refractivity (Wildman–Crippen MR) is 132 cm³/mol. The summed E-state index contributed by atoms with van der Waals surface area (Å²) >= 11 is 0. The summed E-state index contributed by atoms with van der Waals surface area (Å²) < 4.78 is 8.92. The van der Waals surface area contributed by atoms with Crippen LogP contribution in [0.5, 0.6) is 0 Å². The van der Waals surface area contributed by atoms with Crippen LogP contribution in [0.1, 0.15) is 36.1 Å². The quantitative estimate of drug-likeness (QED) is 0.278. The van der Waals surface area contributed by atoms with E-state index in [0.717, 1.165) is 22.4 Å². The number of nitrogens with zero attached hydrogens (tertiary/aromatic N) is 1. The lowest BCUT2D eigenvalue weighted by Crippen LogP contribution is -2.30. The Bertz CT molecular complexity index is 1570. The molecule has 1 aliphatic carbocycles. The zero-order valence-corrected chi connectivity index (χ0v) is 18.9. The molecule has 0 aliphatic heterocycles. The third-order valence-corrected chi connectivity index (χ3v) is 7.08. The summed E-state index contributed by atoms with van der Waals surface area (Å²) in [5, 5.41) is 2.34. The van der Waals surface area contributed by atoms with Crippen LogP contribution in [-0.2, 0) is 12.5 Å². The van der Waals surface area contributed by atoms with Crippen molar-refractivity contribution in [2.75, 3.05) is 0 Å². The molecule has 0 fully saturated rings. The van der Waals surface area contributed by atoms with Crippen molar-refractivity contribution in [2.24, 2.45) is 7.05 Å². The van der Waals surface area contributed by atoms with Gasteiger partial charge in [-0.15, -0.1) is 0 Å². The Kier molecular flexibility index (Phi) is 3.98. The van der Waals surface area contributed by atoms with Crippen LogP contribution < -0.4 is 4.57 Å². The minimum absolute atomic E-state index is 0.0749. The summed E-state index contributed by atoms with van der Waals surface area (Å²) in [5.41, 5.74) is 10.6. The average molecular weight is 417 g/mol. The summed E-state index contributed by atoms with van der Waals surface area (Å²) in [4.78, 5) is 0. The average Bonchev–Trinajstić information content (AvgIpc) is 3.29. The van der Waals surface area contributed by atoms with E-state index in [0.29, 0.717) is 0 Å². The van der Waals surface area contributed by atoms with Gasteiger partial charge in [-0.3, -0.25) is 0 Å². The summed E-state index contributed by atoms with van der Waals surface area (Å²) in [7, 11) is 2.09. The molecule has 0 radical (unpaired) electrons. The summed E-state index contributed by atoms with van der Waals surface area (Å²) in [6.45, 7) is 6.78. The van der Waals surface area contributed by atoms with E-state index < -0.39 is 0 Å². The van der Waals surface area contributed by atoms with E-state index in [1.54, 1.807) is 0 Å². The molecular weight excluding hydrogens is 390 g/mol. The number of rotatable bonds is 2. The first-order valence-corrected chi connectivity index (χ1v) is 11.2. The van der Waals surface area contributed by atoms with Crippen molar-refractivity contribution < 1.29 is 8.98 Å². The normalized spacial score (nSPS) is 14.7. The SMILES string of the molecule is Cc1ccc2c(oc3c(C4=Cc5ccccc5C4(C)C)cccc32)c1-c1cccc[n+]1C. The molecule has 156 valence electrons. The first kappa shape index (κ1) is 19.1. The maximum Gasteiger partial charge on any atom is 0.216 e. The van der Waals surface area contributed by atoms with E-state index in [-0.39, 0.29) is 5.41 Å². The molecule has 0 saturated carbocycles. The van der Waals surface area contributed by atoms with Gasteiger partial charge in [0.15, 0.2) is 6.20 Å². The monoisotopic (exact) mass is 416 g/mol. The van der Waals surface area contributed by atoms with Gasteiger partial charge in [0.05, 0.1) is 5.56 Å². The van der Waals surface area contributed by atoms with Gasteiger partial charge in [0, 0.05) is 33.9 Å². The van der Waals surface area contributed by atoms with Crippen molar-refractivity contribution in [3.63, 3.8) is 0 Å². The fourth-order valence-corrected chi connectivity index (χ4v) is 5.36. The van der Waals surface area contributed by atoms with Crippen LogP contribution in [0.15, 0.2) is 83.4 Å². The zero-order chi connectivity index (χ0) is 22.0. The lowest BCUT2D eigenvalue weighted by molar-refractivity contribution is -0.660. The van der Waals surface area contributed by atoms with Gasteiger partial charge >= 0.3 is 0 Å². The zero-order valence-electron chi connectivity index (χ0n) is 18.9. The molecule has 0 unspecified atom stereocenters. The van der Waals surface area contributed by atoms with Crippen LogP contribution in [0.3, 0.4) is 0 Å². The lowest BCUT2D eigenvalue weighted by atomic mass is 9.78. The molecule has 2 nitrogen and oxygen atoms in total. The Morgan fingerprint density at radius 3 is 2.38 bits per heavy atom. The van der Waals surface area contributed by atoms with Crippen LogP contribution in [-0.4, -0.2) is 0 Å². The van der Waals surface area contributed by atoms with Crippen molar-refractivity contribution in [3.05, 3.63) is 101 Å². The third kappa shape index (κ3) is 2.56. The smallest absolute Gasteiger partial charge is 0.216 e. The highest BCUT2D eigenvalue weighted by Gasteiger charge is 2.35. The van der Waals surface area contributed by atoms with Crippen LogP contribution in [0.4, 0.5) is 0 Å². The summed E-state index contributed by atoms with van der Waals surface area (Å²) in [6, 6.07) is 26.0. The highest BCUT2D eigenvalue weighted by Crippen LogP contribution is 2.49. The Morgan fingerprint density at radius 1 is 0.781 bits per heavy atom. The number of benzene rings is 3. The maximum atomic E-state index is 6.76. The van der Waals surface area contributed by atoms with E-state index in [2.05, 4.69) is 117 Å². The molecule has 0 bridgehead atoms. The van der Waals surface area contributed by atoms with E-state index in [4.69, 9.17) is 4.42 Å². The molecule has 0 atom stereocenters. The molecule has 2 aromatic heterocycles. The molecule has 0 N–H and O–H groups in total. The number of furan rings is 1. The number of hydrogen-bond donors (Lipinski definition) is 0. The molecule has 1 aliphatic rings. The largest absolute Gasteiger partial charge is 0.455 e. The van der Waals surface area contributed by atoms with E-state index in [9.17, 15) is 0 Å². The lowest BCUT2D eigenvalue weighted by Gasteiger charge is -2.25. The number of aromatic nitrogens is 1. The summed E-state index contributed by atoms with van der Waals surface area (Å²) in [6.07, 6.45) is 4.42. The van der Waals surface area contributed by atoms with Gasteiger partial charge < -0.3 is 4.42 Å². The fourth-order valence-electron chi connectivity index (χ4n) is 5.36. The van der Waals surface area contributed by atoms with Crippen molar-refractivity contribution >= 4 is 33.6 Å². The van der Waals surface area contributed by atoms with Crippen molar-refractivity contribution in [1.29, 1.82) is 0 Å². The third-order valence-electron chi connectivity index (χ3n) is 7.08. The molecular formula is C30H26NO+. The second-order valence-corrected chi connectivity index (χ2v) is 9.39. The van der Waals surface area contributed by atoms with Crippen LogP contribution in [0, 0.1) is 6.92 Å². The highest BCUT2D eigenvalue weighted by atomic mass is 16.3. The van der Waals surface area contributed by atoms with Crippen LogP contribution >= 0.6 is 0 Å². The molecule has 5 aromatic rings. The number of fused-ring (bicyclic) bond motifs is 4. The Balaban J connectivity index is 1.66. The van der Waals surface area contributed by atoms with Crippen LogP contribution in [0.2, 0.25) is 0 Å². The molecule has 32 heavy (non-hydrogen) atoms. The van der Waals surface area contributed by atoms with E-state index >= 15 is 0 Å². The van der Waals surface area contributed by atoms with E-state index in [1.165, 1.54) is 38.6 Å². The van der Waals surface area contributed by atoms with E-state index in [1.807, 2.05) is 0 Å². The topological polar surface area (TPSA) is 17.0 Å². The van der Waals surface area contributed by atoms with Gasteiger partial charge in [-0.1, -0.05) is 68.4 Å². The number of allylic oxidation sites excluding steroid dienone is 1. The molecule has 2 heterocycles. The van der Waals surface area contributed by atoms with Gasteiger partial charge in [0.2, 0.25) is 5.69 Å². The molecule has 0 spiro atoms. The first-order chi connectivity index (χ1) is 15.5. The van der Waals surface area contributed by atoms with Gasteiger partial charge in [0.1, 0.15) is 18.2 Å². The van der Waals surface area contributed by atoms with Crippen molar-refractivity contribution in [1.82, 2.24) is 0 Å². The van der Waals surface area contributed by atoms with Crippen LogP contribution in [0.25, 0.3) is 44.8 Å². The number of hydrogen-bond acceptors (Lipinski definition) is 1.